The highest BCUT2D eigenvalue weighted by Crippen LogP contribution is 2.31. The quantitative estimate of drug-likeness (QED) is 0.388. The summed E-state index contributed by atoms with van der Waals surface area (Å²) >= 11 is 1.52. The number of carbonyl (C=O) groups excluding carboxylic acids is 1. The Morgan fingerprint density at radius 1 is 1.00 bits per heavy atom. The van der Waals surface area contributed by atoms with E-state index in [-0.39, 0.29) is 5.91 Å². The molecule has 0 aliphatic carbocycles. The number of rotatable bonds is 6. The lowest BCUT2D eigenvalue weighted by Crippen LogP contribution is -2.26. The van der Waals surface area contributed by atoms with Gasteiger partial charge in [-0.3, -0.25) is 9.20 Å². The molecule has 5 rings (SSSR count). The summed E-state index contributed by atoms with van der Waals surface area (Å²) in [7, 11) is 1.77. The maximum absolute atomic E-state index is 13.3. The summed E-state index contributed by atoms with van der Waals surface area (Å²) in [5, 5.41) is 4.17. The predicted octanol–water partition coefficient (Wildman–Crippen LogP) is 5.35. The number of aromatic nitrogens is 3. The number of fused-ring (bicyclic) bond motifs is 1. The molecular formula is C25H21N5OS. The summed E-state index contributed by atoms with van der Waals surface area (Å²) in [5.74, 6) is 0.550. The lowest BCUT2D eigenvalue weighted by Gasteiger charge is -2.16. The second-order valence-corrected chi connectivity index (χ2v) is 8.34. The maximum Gasteiger partial charge on any atom is 0.278 e. The van der Waals surface area contributed by atoms with Gasteiger partial charge in [-0.05, 0) is 29.8 Å². The van der Waals surface area contributed by atoms with E-state index in [1.54, 1.807) is 18.1 Å². The minimum atomic E-state index is -0.155. The fourth-order valence-corrected chi connectivity index (χ4v) is 4.33. The zero-order valence-electron chi connectivity index (χ0n) is 17.5. The number of nitrogens with zero attached hydrogens (tertiary/aromatic N) is 4. The maximum atomic E-state index is 13.3. The van der Waals surface area contributed by atoms with Gasteiger partial charge in [0, 0.05) is 25.5 Å². The first-order chi connectivity index (χ1) is 15.7. The van der Waals surface area contributed by atoms with Crippen molar-refractivity contribution in [2.45, 2.75) is 6.54 Å². The topological polar surface area (TPSA) is 62.5 Å². The van der Waals surface area contributed by atoms with Gasteiger partial charge in [-0.2, -0.15) is 0 Å². The van der Waals surface area contributed by atoms with Gasteiger partial charge in [0.2, 0.25) is 0 Å². The van der Waals surface area contributed by atoms with E-state index in [1.165, 1.54) is 16.9 Å². The number of hydrogen-bond donors (Lipinski definition) is 1. The number of benzene rings is 2. The van der Waals surface area contributed by atoms with Gasteiger partial charge in [0.25, 0.3) is 5.91 Å². The summed E-state index contributed by atoms with van der Waals surface area (Å²) in [6, 6.07) is 25.5. The van der Waals surface area contributed by atoms with Gasteiger partial charge in [-0.1, -0.05) is 65.9 Å². The van der Waals surface area contributed by atoms with Crippen LogP contribution < -0.4 is 10.2 Å². The van der Waals surface area contributed by atoms with Crippen molar-refractivity contribution in [1.82, 2.24) is 14.4 Å². The van der Waals surface area contributed by atoms with Crippen molar-refractivity contribution in [2.24, 2.45) is 0 Å². The number of pyridine rings is 1. The van der Waals surface area contributed by atoms with Crippen molar-refractivity contribution in [3.8, 4) is 10.7 Å². The van der Waals surface area contributed by atoms with Crippen molar-refractivity contribution in [1.29, 1.82) is 0 Å². The first kappa shape index (κ1) is 20.0. The number of imidazole rings is 1. The van der Waals surface area contributed by atoms with Gasteiger partial charge in [0.05, 0.1) is 16.6 Å². The monoisotopic (exact) mass is 439 g/mol. The van der Waals surface area contributed by atoms with E-state index >= 15 is 0 Å². The van der Waals surface area contributed by atoms with Crippen LogP contribution in [0.1, 0.15) is 16.1 Å². The Hall–Kier alpha value is -3.97. The second-order valence-electron chi connectivity index (χ2n) is 7.31. The average Bonchev–Trinajstić information content (AvgIpc) is 3.48. The van der Waals surface area contributed by atoms with Crippen LogP contribution in [0.25, 0.3) is 16.2 Å². The lowest BCUT2D eigenvalue weighted by molar-refractivity contribution is 0.0990. The number of para-hydroxylation sites is 1. The van der Waals surface area contributed by atoms with E-state index in [9.17, 15) is 4.79 Å². The van der Waals surface area contributed by atoms with Crippen LogP contribution in [0.2, 0.25) is 0 Å². The Balaban J connectivity index is 1.46. The number of nitrogens with one attached hydrogen (secondary N) is 1. The Kier molecular flexibility index (Phi) is 5.39. The molecule has 0 unspecified atom stereocenters. The molecule has 3 aromatic heterocycles. The lowest BCUT2D eigenvalue weighted by atomic mass is 10.2. The molecule has 1 N–H and O–H groups in total. The molecule has 1 amide bonds. The molecule has 32 heavy (non-hydrogen) atoms. The van der Waals surface area contributed by atoms with Crippen LogP contribution in [-0.4, -0.2) is 27.3 Å². The average molecular weight is 440 g/mol. The van der Waals surface area contributed by atoms with Gasteiger partial charge in [-0.25, -0.2) is 9.97 Å². The summed E-state index contributed by atoms with van der Waals surface area (Å²) < 4.78 is 1.94. The molecule has 5 aromatic rings. The minimum absolute atomic E-state index is 0.155. The third kappa shape index (κ3) is 3.86. The van der Waals surface area contributed by atoms with Crippen LogP contribution in [0.15, 0.2) is 91.3 Å². The Morgan fingerprint density at radius 2 is 1.72 bits per heavy atom. The molecule has 0 fully saturated rings. The van der Waals surface area contributed by atoms with E-state index < -0.39 is 0 Å². The zero-order valence-corrected chi connectivity index (χ0v) is 18.3. The molecule has 0 aliphatic rings. The van der Waals surface area contributed by atoms with Crippen molar-refractivity contribution in [3.63, 3.8) is 0 Å². The molecular weight excluding hydrogens is 418 g/mol. The molecule has 0 bridgehead atoms. The smallest absolute Gasteiger partial charge is 0.278 e. The van der Waals surface area contributed by atoms with Crippen molar-refractivity contribution >= 4 is 33.6 Å². The molecule has 6 nitrogen and oxygen atoms in total. The molecule has 0 atom stereocenters. The van der Waals surface area contributed by atoms with Gasteiger partial charge in [0.15, 0.2) is 16.6 Å². The zero-order chi connectivity index (χ0) is 21.9. The molecule has 7 heteroatoms. The summed E-state index contributed by atoms with van der Waals surface area (Å²) in [5.41, 5.74) is 3.19. The number of thiazole rings is 1. The van der Waals surface area contributed by atoms with E-state index in [4.69, 9.17) is 4.98 Å². The summed E-state index contributed by atoms with van der Waals surface area (Å²) in [4.78, 5) is 25.1. The third-order valence-corrected chi connectivity index (χ3v) is 6.16. The number of amides is 1. The standard InChI is InChI=1S/C25H21N5OS/c1-29(19-12-6-3-7-13-19)24(31)22-20-14-8-9-15-30(20)23(28-22)21-17-27-25(32-21)26-16-18-10-4-2-5-11-18/h2-15,17H,16H2,1H3,(H,26,27). The fraction of sp³-hybridized carbons (Fsp3) is 0.0800. The first-order valence-electron chi connectivity index (χ1n) is 10.2. The molecule has 3 heterocycles. The normalized spacial score (nSPS) is 10.9. The number of anilines is 2. The third-order valence-electron chi connectivity index (χ3n) is 5.21. The molecule has 2 aromatic carbocycles. The van der Waals surface area contributed by atoms with E-state index in [1.807, 2.05) is 77.3 Å². The molecule has 0 saturated carbocycles. The number of carbonyl (C=O) groups is 1. The van der Waals surface area contributed by atoms with Gasteiger partial charge < -0.3 is 10.2 Å². The summed E-state index contributed by atoms with van der Waals surface area (Å²) in [6.07, 6.45) is 3.72. The molecule has 158 valence electrons. The van der Waals surface area contributed by atoms with Crippen LogP contribution in [0.4, 0.5) is 10.8 Å². The Morgan fingerprint density at radius 3 is 2.50 bits per heavy atom. The molecule has 0 spiro atoms. The SMILES string of the molecule is CN(C(=O)c1nc(-c2cnc(NCc3ccccc3)s2)n2ccccc12)c1ccccc1. The number of hydrogen-bond acceptors (Lipinski definition) is 5. The van der Waals surface area contributed by atoms with Crippen LogP contribution >= 0.6 is 11.3 Å². The fourth-order valence-electron chi connectivity index (χ4n) is 3.53. The molecule has 0 radical (unpaired) electrons. The van der Waals surface area contributed by atoms with Crippen molar-refractivity contribution in [2.75, 3.05) is 17.3 Å². The van der Waals surface area contributed by atoms with Crippen LogP contribution in [0, 0.1) is 0 Å². The summed E-state index contributed by atoms with van der Waals surface area (Å²) in [6.45, 7) is 0.696. The minimum Gasteiger partial charge on any atom is -0.357 e. The molecule has 0 aliphatic heterocycles. The van der Waals surface area contributed by atoms with Gasteiger partial charge in [0.1, 0.15) is 0 Å². The Bertz CT molecular complexity index is 1360. The van der Waals surface area contributed by atoms with Crippen LogP contribution in [0.5, 0.6) is 0 Å². The van der Waals surface area contributed by atoms with Gasteiger partial charge in [-0.15, -0.1) is 0 Å². The van der Waals surface area contributed by atoms with Gasteiger partial charge >= 0.3 is 0 Å². The first-order valence-corrected chi connectivity index (χ1v) is 11.1. The highest BCUT2D eigenvalue weighted by molar-refractivity contribution is 7.18. The van der Waals surface area contributed by atoms with Crippen molar-refractivity contribution in [3.05, 3.63) is 103 Å². The van der Waals surface area contributed by atoms with E-state index in [2.05, 4.69) is 22.4 Å². The van der Waals surface area contributed by atoms with Crippen LogP contribution in [0.3, 0.4) is 0 Å². The Labute approximate surface area is 189 Å². The van der Waals surface area contributed by atoms with Crippen LogP contribution in [-0.2, 0) is 6.54 Å². The van der Waals surface area contributed by atoms with E-state index in [0.29, 0.717) is 18.1 Å². The highest BCUT2D eigenvalue weighted by Gasteiger charge is 2.23. The largest absolute Gasteiger partial charge is 0.357 e. The van der Waals surface area contributed by atoms with E-state index in [0.717, 1.165) is 21.2 Å². The molecule has 0 saturated heterocycles. The highest BCUT2D eigenvalue weighted by atomic mass is 32.1. The van der Waals surface area contributed by atoms with Crippen molar-refractivity contribution < 1.29 is 4.79 Å². The predicted molar refractivity (Wildman–Crippen MR) is 129 cm³/mol. The second kappa shape index (κ2) is 8.64.